The smallest absolute Gasteiger partial charge is 0.321 e. The summed E-state index contributed by atoms with van der Waals surface area (Å²) in [4.78, 5) is 98.7. The van der Waals surface area contributed by atoms with E-state index in [0.29, 0.717) is 90.2 Å². The summed E-state index contributed by atoms with van der Waals surface area (Å²) in [5.41, 5.74) is 17.2. The number of fused-ring (bicyclic) bond motifs is 4. The van der Waals surface area contributed by atoms with Gasteiger partial charge in [-0.05, 0) is 82.3 Å². The van der Waals surface area contributed by atoms with Crippen LogP contribution in [0.3, 0.4) is 0 Å². The molecule has 0 bridgehead atoms. The molecule has 7 aromatic rings. The summed E-state index contributed by atoms with van der Waals surface area (Å²) < 4.78 is 18.2. The number of imidazole rings is 1. The molecule has 2 atom stereocenters. The number of carbonyl (C=O) groups is 6. The average molecular weight is 1070 g/mol. The SMILES string of the molecule is CCc1nc(C)sc1C(=O)Nc1nc2cc(C(N)=O)cc(OC)c2n1C/C=C/Cn1c2nc(-c3cc(C)nn3CC)ncc2c2cc(C)cc(OCCC3CN(C(=O)CCN4C(=O)CC(SCC(N)C(=O)O)C4=O)C3)c21. The lowest BCUT2D eigenvalue weighted by Crippen LogP contribution is -2.51. The normalized spacial score (nSPS) is 15.4. The number of anilines is 1. The Kier molecular flexibility index (Phi) is 15.6. The van der Waals surface area contributed by atoms with E-state index in [2.05, 4.69) is 26.0 Å². The largest absolute Gasteiger partial charge is 0.494 e. The van der Waals surface area contributed by atoms with Gasteiger partial charge in [0.25, 0.3) is 5.91 Å². The Bertz CT molecular complexity index is 3480. The van der Waals surface area contributed by atoms with Crippen LogP contribution in [0, 0.1) is 26.7 Å². The molecule has 2 aromatic carbocycles. The van der Waals surface area contributed by atoms with Gasteiger partial charge in [0.15, 0.2) is 5.82 Å². The van der Waals surface area contributed by atoms with Gasteiger partial charge < -0.3 is 40.1 Å². The second-order valence-electron chi connectivity index (χ2n) is 18.8. The fourth-order valence-electron chi connectivity index (χ4n) is 9.65. The zero-order valence-electron chi connectivity index (χ0n) is 43.0. The van der Waals surface area contributed by atoms with E-state index in [0.717, 1.165) is 54.9 Å². The van der Waals surface area contributed by atoms with Crippen molar-refractivity contribution in [2.75, 3.05) is 44.4 Å². The van der Waals surface area contributed by atoms with Crippen LogP contribution < -0.4 is 26.3 Å². The zero-order chi connectivity index (χ0) is 54.1. The second-order valence-corrected chi connectivity index (χ2v) is 21.3. The maximum Gasteiger partial charge on any atom is 0.321 e. The molecule has 5 aromatic heterocycles. The van der Waals surface area contributed by atoms with Crippen molar-refractivity contribution in [3.05, 3.63) is 81.1 Å². The van der Waals surface area contributed by atoms with E-state index in [4.69, 9.17) is 41.0 Å². The number of thioether (sulfide) groups is 1. The van der Waals surface area contributed by atoms with Crippen molar-refractivity contribution in [3.63, 3.8) is 0 Å². The minimum Gasteiger partial charge on any atom is -0.494 e. The van der Waals surface area contributed by atoms with Crippen LogP contribution in [-0.4, -0.2) is 140 Å². The zero-order valence-corrected chi connectivity index (χ0v) is 44.6. The number of hydrogen-bond donors (Lipinski definition) is 4. The Morgan fingerprint density at radius 2 is 1.74 bits per heavy atom. The number of amides is 5. The van der Waals surface area contributed by atoms with Crippen molar-refractivity contribution in [1.82, 2.24) is 48.7 Å². The van der Waals surface area contributed by atoms with Gasteiger partial charge in [0.05, 0.1) is 46.4 Å². The lowest BCUT2D eigenvalue weighted by molar-refractivity contribution is -0.142. The van der Waals surface area contributed by atoms with Crippen molar-refractivity contribution >= 4 is 97.5 Å². The first kappa shape index (κ1) is 53.1. The standard InChI is InChI=1S/C52H59N13O9S2/c1-7-35-45(76-29(5)56-35)49(69)59-52-57-36-20-31(46(54)68)21-38(73-6)44(36)64(52)14-10-9-13-63-43-32(33-23-55-47(58-48(33)63)37-19-28(4)60-65(37)8-2)17-27(3)18-39(43)74-16-12-30-24-61(25-30)41(66)11-15-62-42(67)22-40(50(62)70)75-26-34(53)51(71)72/h9-10,17-21,23,30,34,40H,7-8,11-16,22,24-26,53H2,1-6H3,(H2,54,68)(H,71,72)(H,57,59,69)/b10-9+. The number of nitrogens with two attached hydrogens (primary N) is 2. The number of carbonyl (C=O) groups excluding carboxylic acids is 5. The maximum atomic E-state index is 13.8. The second kappa shape index (κ2) is 22.3. The predicted molar refractivity (Wildman–Crippen MR) is 288 cm³/mol. The van der Waals surface area contributed by atoms with Gasteiger partial charge in [-0.15, -0.1) is 23.1 Å². The number of benzene rings is 2. The van der Waals surface area contributed by atoms with Crippen LogP contribution in [-0.2, 0) is 45.2 Å². The van der Waals surface area contributed by atoms with Crippen molar-refractivity contribution < 1.29 is 43.3 Å². The number of hydrogen-bond acceptors (Lipinski definition) is 16. The summed E-state index contributed by atoms with van der Waals surface area (Å²) in [6.45, 7) is 12.3. The maximum absolute atomic E-state index is 13.8. The highest BCUT2D eigenvalue weighted by molar-refractivity contribution is 8.00. The number of methoxy groups -OCH3 is 1. The molecule has 5 amide bonds. The van der Waals surface area contributed by atoms with Gasteiger partial charge in [-0.2, -0.15) is 5.10 Å². The van der Waals surface area contributed by atoms with E-state index < -0.39 is 29.1 Å². The lowest BCUT2D eigenvalue weighted by Gasteiger charge is -2.39. The van der Waals surface area contributed by atoms with Crippen LogP contribution in [0.1, 0.15) is 75.1 Å². The Balaban J connectivity index is 0.950. The summed E-state index contributed by atoms with van der Waals surface area (Å²) in [5, 5.41) is 18.5. The number of ether oxygens (including phenoxy) is 2. The van der Waals surface area contributed by atoms with Crippen molar-refractivity contribution in [2.24, 2.45) is 17.4 Å². The number of imide groups is 1. The molecule has 6 N–H and O–H groups in total. The van der Waals surface area contributed by atoms with Crippen LogP contribution in [0.2, 0.25) is 0 Å². The van der Waals surface area contributed by atoms with Crippen LogP contribution in [0.4, 0.5) is 5.95 Å². The minimum atomic E-state index is -1.18. The van der Waals surface area contributed by atoms with E-state index in [9.17, 15) is 28.8 Å². The minimum absolute atomic E-state index is 0.00528. The molecule has 9 rings (SSSR count). The number of allylic oxidation sites excluding steroid dienone is 2. The molecule has 398 valence electrons. The van der Waals surface area contributed by atoms with Gasteiger partial charge in [0, 0.05) is 80.4 Å². The summed E-state index contributed by atoms with van der Waals surface area (Å²) in [7, 11) is 1.49. The van der Waals surface area contributed by atoms with Crippen LogP contribution in [0.25, 0.3) is 44.5 Å². The number of nitrogens with zero attached hydrogens (tertiary/aromatic N) is 10. The highest BCUT2D eigenvalue weighted by Crippen LogP contribution is 2.38. The van der Waals surface area contributed by atoms with Crippen LogP contribution in [0.15, 0.2) is 48.7 Å². The summed E-state index contributed by atoms with van der Waals surface area (Å²) in [6.07, 6.45) is 6.97. The van der Waals surface area contributed by atoms with E-state index in [1.165, 1.54) is 18.4 Å². The number of aryl methyl sites for hydroxylation is 5. The number of nitrogens with one attached hydrogen (secondary N) is 1. The van der Waals surface area contributed by atoms with Crippen molar-refractivity contribution in [3.8, 4) is 23.0 Å². The first-order chi connectivity index (χ1) is 36.5. The number of primary amides is 1. The molecule has 2 fully saturated rings. The van der Waals surface area contributed by atoms with Crippen molar-refractivity contribution in [2.45, 2.75) is 91.2 Å². The van der Waals surface area contributed by atoms with Crippen LogP contribution in [0.5, 0.6) is 11.5 Å². The predicted octanol–water partition coefficient (Wildman–Crippen LogP) is 5.27. The molecule has 0 radical (unpaired) electrons. The number of aliphatic carboxylic acids is 1. The number of carboxylic acids is 1. The Morgan fingerprint density at radius 3 is 2.45 bits per heavy atom. The average Bonchev–Trinajstić information content (AvgIpc) is 4.21. The molecule has 2 aliphatic rings. The molecule has 0 aliphatic carbocycles. The van der Waals surface area contributed by atoms with Gasteiger partial charge in [-0.25, -0.2) is 19.9 Å². The van der Waals surface area contributed by atoms with E-state index in [-0.39, 0.29) is 66.8 Å². The van der Waals surface area contributed by atoms with E-state index in [1.54, 1.807) is 17.0 Å². The Labute approximate surface area is 444 Å². The Hall–Kier alpha value is -7.70. The van der Waals surface area contributed by atoms with Gasteiger partial charge in [0.2, 0.25) is 29.6 Å². The lowest BCUT2D eigenvalue weighted by atomic mass is 9.96. The molecule has 2 aliphatic heterocycles. The van der Waals surface area contributed by atoms with Gasteiger partial charge in [-0.1, -0.05) is 19.1 Å². The monoisotopic (exact) mass is 1070 g/mol. The molecule has 76 heavy (non-hydrogen) atoms. The number of thiazole rings is 1. The molecule has 7 heterocycles. The molecular weight excluding hydrogens is 1010 g/mol. The Morgan fingerprint density at radius 1 is 0.974 bits per heavy atom. The van der Waals surface area contributed by atoms with Crippen LogP contribution >= 0.6 is 23.1 Å². The summed E-state index contributed by atoms with van der Waals surface area (Å²) >= 11 is 2.35. The molecule has 24 heteroatoms. The molecule has 2 unspecified atom stereocenters. The highest BCUT2D eigenvalue weighted by Gasteiger charge is 2.40. The quantitative estimate of drug-likeness (QED) is 0.0497. The molecule has 22 nitrogen and oxygen atoms in total. The van der Waals surface area contributed by atoms with Gasteiger partial charge >= 0.3 is 5.97 Å². The summed E-state index contributed by atoms with van der Waals surface area (Å²) in [6, 6.07) is 8.04. The van der Waals surface area contributed by atoms with E-state index in [1.807, 2.05) is 74.3 Å². The first-order valence-electron chi connectivity index (χ1n) is 25.0. The first-order valence-corrected chi connectivity index (χ1v) is 26.8. The highest BCUT2D eigenvalue weighted by atomic mass is 32.2. The topological polar surface area (TPSA) is 291 Å². The number of likely N-dealkylation sites (tertiary alicyclic amines) is 2. The molecule has 2 saturated heterocycles. The van der Waals surface area contributed by atoms with E-state index >= 15 is 0 Å². The number of aromatic nitrogens is 8. The van der Waals surface area contributed by atoms with Gasteiger partial charge in [-0.3, -0.25) is 43.7 Å². The summed E-state index contributed by atoms with van der Waals surface area (Å²) in [5.74, 6) is -1.25. The molecule has 0 saturated carbocycles. The molecular formula is C52H59N13O9S2. The molecule has 0 spiro atoms. The van der Waals surface area contributed by atoms with Gasteiger partial charge in [0.1, 0.15) is 39.3 Å². The third kappa shape index (κ3) is 10.7. The fourth-order valence-corrected chi connectivity index (χ4v) is 11.7. The number of carboxylic acid groups (broad SMARTS) is 1. The van der Waals surface area contributed by atoms with Crippen molar-refractivity contribution in [1.29, 1.82) is 0 Å². The fraction of sp³-hybridized carbons (Fsp3) is 0.404. The number of rotatable bonds is 22. The third-order valence-corrected chi connectivity index (χ3v) is 15.8. The third-order valence-electron chi connectivity index (χ3n) is 13.5.